The number of hydrogen-bond donors (Lipinski definition) is 1. The zero-order chi connectivity index (χ0) is 23.6. The number of esters is 1. The summed E-state index contributed by atoms with van der Waals surface area (Å²) < 4.78 is 4.40. The highest BCUT2D eigenvalue weighted by molar-refractivity contribution is 6.05. The number of aliphatic hydroxyl groups excluding tert-OH is 1. The van der Waals surface area contributed by atoms with Gasteiger partial charge < -0.3 is 9.84 Å². The molecule has 0 aromatic heterocycles. The summed E-state index contributed by atoms with van der Waals surface area (Å²) in [6, 6.07) is 25.7. The Bertz CT molecular complexity index is 1120. The first-order chi connectivity index (χ1) is 16.1. The van der Waals surface area contributed by atoms with Crippen molar-refractivity contribution >= 4 is 51.8 Å². The van der Waals surface area contributed by atoms with Crippen LogP contribution in [0.2, 0.25) is 0 Å². The molecular formula is C30H30O3. The highest BCUT2D eigenvalue weighted by atomic mass is 16.5. The predicted molar refractivity (Wildman–Crippen MR) is 141 cm³/mol. The summed E-state index contributed by atoms with van der Waals surface area (Å²) in [5.74, 6) is -0.211. The summed E-state index contributed by atoms with van der Waals surface area (Å²) in [7, 11) is 0. The van der Waals surface area contributed by atoms with Crippen molar-refractivity contribution in [1.29, 1.82) is 0 Å². The van der Waals surface area contributed by atoms with Crippen LogP contribution in [-0.2, 0) is 9.53 Å². The van der Waals surface area contributed by atoms with Crippen molar-refractivity contribution in [2.45, 2.75) is 20.8 Å². The Morgan fingerprint density at radius 1 is 0.667 bits per heavy atom. The van der Waals surface area contributed by atoms with E-state index in [0.717, 1.165) is 0 Å². The van der Waals surface area contributed by atoms with Gasteiger partial charge in [-0.05, 0) is 57.6 Å². The van der Waals surface area contributed by atoms with E-state index >= 15 is 0 Å². The molecule has 6 rings (SSSR count). The van der Waals surface area contributed by atoms with Crippen molar-refractivity contribution in [1.82, 2.24) is 0 Å². The maximum absolute atomic E-state index is 9.82. The maximum atomic E-state index is 9.82. The van der Waals surface area contributed by atoms with Crippen LogP contribution < -0.4 is 0 Å². The van der Waals surface area contributed by atoms with Crippen molar-refractivity contribution in [3.8, 4) is 0 Å². The Labute approximate surface area is 195 Å². The molecule has 0 aliphatic heterocycles. The zero-order valence-corrected chi connectivity index (χ0v) is 19.4. The van der Waals surface area contributed by atoms with Crippen LogP contribution in [0.25, 0.3) is 45.8 Å². The van der Waals surface area contributed by atoms with Crippen LogP contribution >= 0.6 is 0 Å². The SMILES string of the molecule is C1=Cc2cccc3cccc1c23.C1=Cc2cccc3cccc1c23.CCO.CCOC(C)=O. The van der Waals surface area contributed by atoms with Gasteiger partial charge >= 0.3 is 5.97 Å². The number of ether oxygens (including phenoxy) is 1. The molecule has 1 N–H and O–H groups in total. The largest absolute Gasteiger partial charge is 0.466 e. The van der Waals surface area contributed by atoms with Gasteiger partial charge in [0.25, 0.3) is 0 Å². The molecule has 0 unspecified atom stereocenters. The summed E-state index contributed by atoms with van der Waals surface area (Å²) in [6.07, 6.45) is 8.71. The number of carbonyl (C=O) groups is 1. The van der Waals surface area contributed by atoms with Crippen LogP contribution in [0.1, 0.15) is 43.0 Å². The zero-order valence-electron chi connectivity index (χ0n) is 19.4. The molecule has 0 fully saturated rings. The van der Waals surface area contributed by atoms with Crippen molar-refractivity contribution in [3.63, 3.8) is 0 Å². The van der Waals surface area contributed by atoms with Gasteiger partial charge in [-0.1, -0.05) is 97.1 Å². The molecule has 4 aromatic rings. The second-order valence-electron chi connectivity index (χ2n) is 7.49. The molecule has 4 aromatic carbocycles. The number of benzene rings is 4. The van der Waals surface area contributed by atoms with E-state index in [4.69, 9.17) is 5.11 Å². The second kappa shape index (κ2) is 11.8. The molecule has 0 spiro atoms. The molecular weight excluding hydrogens is 408 g/mol. The van der Waals surface area contributed by atoms with Gasteiger partial charge in [0.2, 0.25) is 0 Å². The van der Waals surface area contributed by atoms with Gasteiger partial charge in [-0.25, -0.2) is 0 Å². The molecule has 0 bridgehead atoms. The van der Waals surface area contributed by atoms with Gasteiger partial charge in [-0.3, -0.25) is 4.79 Å². The third-order valence-electron chi connectivity index (χ3n) is 5.17. The third kappa shape index (κ3) is 5.97. The first kappa shape index (κ1) is 24.0. The van der Waals surface area contributed by atoms with Crippen molar-refractivity contribution < 1.29 is 14.6 Å². The molecule has 168 valence electrons. The highest BCUT2D eigenvalue weighted by Crippen LogP contribution is 2.31. The van der Waals surface area contributed by atoms with Crippen molar-refractivity contribution in [2.24, 2.45) is 0 Å². The molecule has 0 atom stereocenters. The van der Waals surface area contributed by atoms with Gasteiger partial charge in [-0.15, -0.1) is 0 Å². The van der Waals surface area contributed by atoms with E-state index in [0.29, 0.717) is 6.61 Å². The molecule has 0 amide bonds. The fraction of sp³-hybridized carbons (Fsp3) is 0.167. The summed E-state index contributed by atoms with van der Waals surface area (Å²) in [6.45, 7) is 5.58. The molecule has 0 radical (unpaired) electrons. The van der Waals surface area contributed by atoms with Crippen LogP contribution in [0.15, 0.2) is 72.8 Å². The van der Waals surface area contributed by atoms with Gasteiger partial charge in [0.15, 0.2) is 0 Å². The van der Waals surface area contributed by atoms with E-state index in [1.165, 1.54) is 50.7 Å². The fourth-order valence-corrected chi connectivity index (χ4v) is 3.92. The Balaban J connectivity index is 0.000000139. The standard InChI is InChI=1S/2C12H8.C4H8O2.C2H6O/c2*1-3-9-4-2-6-11-8-7-10(5-1)12(9)11;1-3-6-4(2)5;1-2-3/h2*1-8H;3H2,1-2H3;3H,2H2,1H3. The van der Waals surface area contributed by atoms with E-state index in [9.17, 15) is 4.79 Å². The number of aliphatic hydroxyl groups is 1. The number of rotatable bonds is 1. The van der Waals surface area contributed by atoms with Gasteiger partial charge in [-0.2, -0.15) is 0 Å². The van der Waals surface area contributed by atoms with Gasteiger partial charge in [0.1, 0.15) is 0 Å². The summed E-state index contributed by atoms with van der Waals surface area (Å²) >= 11 is 0. The molecule has 0 saturated carbocycles. The molecule has 2 aliphatic rings. The average Bonchev–Trinajstić information content (AvgIpc) is 3.43. The highest BCUT2D eigenvalue weighted by Gasteiger charge is 2.07. The van der Waals surface area contributed by atoms with E-state index in [2.05, 4.69) is 102 Å². The predicted octanol–water partition coefficient (Wildman–Crippen LogP) is 7.22. The lowest BCUT2D eigenvalue weighted by Gasteiger charge is -1.99. The van der Waals surface area contributed by atoms with Gasteiger partial charge in [0, 0.05) is 13.5 Å². The Morgan fingerprint density at radius 3 is 1.18 bits per heavy atom. The monoisotopic (exact) mass is 438 g/mol. The number of carbonyl (C=O) groups excluding carboxylic acids is 1. The van der Waals surface area contributed by atoms with E-state index in [1.807, 2.05) is 0 Å². The normalized spacial score (nSPS) is 11.2. The summed E-state index contributed by atoms with van der Waals surface area (Å²) in [5, 5.41) is 13.1. The Kier molecular flexibility index (Phi) is 8.56. The van der Waals surface area contributed by atoms with Crippen LogP contribution in [0.5, 0.6) is 0 Å². The first-order valence-electron chi connectivity index (χ1n) is 11.2. The molecule has 0 heterocycles. The minimum absolute atomic E-state index is 0.211. The molecule has 0 saturated heterocycles. The minimum atomic E-state index is -0.211. The summed E-state index contributed by atoms with van der Waals surface area (Å²) in [5.41, 5.74) is 5.40. The van der Waals surface area contributed by atoms with Crippen LogP contribution in [0.4, 0.5) is 0 Å². The minimum Gasteiger partial charge on any atom is -0.466 e. The number of hydrogen-bond acceptors (Lipinski definition) is 3. The van der Waals surface area contributed by atoms with E-state index in [1.54, 1.807) is 13.8 Å². The van der Waals surface area contributed by atoms with Crippen LogP contribution in [-0.4, -0.2) is 24.3 Å². The smallest absolute Gasteiger partial charge is 0.302 e. The molecule has 33 heavy (non-hydrogen) atoms. The van der Waals surface area contributed by atoms with Crippen LogP contribution in [0.3, 0.4) is 0 Å². The lowest BCUT2D eigenvalue weighted by Crippen LogP contribution is -1.95. The Hall–Kier alpha value is -3.69. The Morgan fingerprint density at radius 2 is 0.970 bits per heavy atom. The maximum Gasteiger partial charge on any atom is 0.302 e. The quantitative estimate of drug-likeness (QED) is 0.276. The lowest BCUT2D eigenvalue weighted by molar-refractivity contribution is -0.140. The fourth-order valence-electron chi connectivity index (χ4n) is 3.92. The van der Waals surface area contributed by atoms with Crippen molar-refractivity contribution in [3.05, 3.63) is 95.1 Å². The topological polar surface area (TPSA) is 46.5 Å². The second-order valence-corrected chi connectivity index (χ2v) is 7.49. The molecule has 3 nitrogen and oxygen atoms in total. The molecule has 2 aliphatic carbocycles. The summed E-state index contributed by atoms with van der Waals surface area (Å²) in [4.78, 5) is 9.82. The third-order valence-corrected chi connectivity index (χ3v) is 5.17. The first-order valence-corrected chi connectivity index (χ1v) is 11.2. The average molecular weight is 439 g/mol. The van der Waals surface area contributed by atoms with Gasteiger partial charge in [0.05, 0.1) is 6.61 Å². The van der Waals surface area contributed by atoms with Crippen LogP contribution in [0, 0.1) is 0 Å². The van der Waals surface area contributed by atoms with E-state index in [-0.39, 0.29) is 12.6 Å². The molecule has 3 heteroatoms. The van der Waals surface area contributed by atoms with E-state index < -0.39 is 0 Å². The van der Waals surface area contributed by atoms with Crippen molar-refractivity contribution in [2.75, 3.05) is 13.2 Å². The lowest BCUT2D eigenvalue weighted by atomic mass is 10.0.